The van der Waals surface area contributed by atoms with Gasteiger partial charge in [-0.25, -0.2) is 0 Å². The van der Waals surface area contributed by atoms with E-state index in [2.05, 4.69) is 17.1 Å². The molecule has 2 aromatic heterocycles. The minimum absolute atomic E-state index is 0.00897. The maximum absolute atomic E-state index is 13.3. The second kappa shape index (κ2) is 8.12. The largest absolute Gasteiger partial charge is 0.392 e. The fourth-order valence-corrected chi connectivity index (χ4v) is 5.18. The third-order valence-electron chi connectivity index (χ3n) is 6.60. The summed E-state index contributed by atoms with van der Waals surface area (Å²) in [7, 11) is 0. The van der Waals surface area contributed by atoms with Crippen molar-refractivity contribution in [2.75, 3.05) is 13.1 Å². The Labute approximate surface area is 180 Å². The fraction of sp³-hybridized carbons (Fsp3) is 0.320. The summed E-state index contributed by atoms with van der Waals surface area (Å²) in [6.07, 6.45) is 3.29. The number of piperidine rings is 1. The number of carbonyl (C=O) groups excluding carboxylic acids is 1. The Morgan fingerprint density at radius 2 is 1.87 bits per heavy atom. The number of pyridine rings is 2. The molecule has 0 unspecified atom stereocenters. The molecule has 1 saturated heterocycles. The molecule has 0 aliphatic carbocycles. The van der Waals surface area contributed by atoms with Crippen LogP contribution >= 0.6 is 0 Å². The predicted octanol–water partition coefficient (Wildman–Crippen LogP) is 2.78. The van der Waals surface area contributed by atoms with Crippen LogP contribution < -0.4 is 5.56 Å². The van der Waals surface area contributed by atoms with Crippen LogP contribution in [0, 0.1) is 5.92 Å². The number of hydrogen-bond acceptors (Lipinski definition) is 4. The zero-order valence-corrected chi connectivity index (χ0v) is 17.2. The van der Waals surface area contributed by atoms with Crippen LogP contribution in [0.15, 0.2) is 71.7 Å². The molecule has 4 heterocycles. The SMILES string of the molecule is O=C(c1cc(CO)ccn1)N1C[C@H]2C[C@@H](C1)[C@H](Cc1ccccc1)n1c2cccc1=O. The highest BCUT2D eigenvalue weighted by atomic mass is 16.3. The summed E-state index contributed by atoms with van der Waals surface area (Å²) in [4.78, 5) is 32.2. The van der Waals surface area contributed by atoms with Gasteiger partial charge >= 0.3 is 0 Å². The lowest BCUT2D eigenvalue weighted by Gasteiger charge is -2.47. The highest BCUT2D eigenvalue weighted by Crippen LogP contribution is 2.42. The van der Waals surface area contributed by atoms with Crippen molar-refractivity contribution >= 4 is 5.91 Å². The molecule has 31 heavy (non-hydrogen) atoms. The number of amides is 1. The van der Waals surface area contributed by atoms with Crippen molar-refractivity contribution in [1.82, 2.24) is 14.5 Å². The van der Waals surface area contributed by atoms with Crippen molar-refractivity contribution in [1.29, 1.82) is 0 Å². The Hall–Kier alpha value is -3.25. The Morgan fingerprint density at radius 1 is 1.03 bits per heavy atom. The Kier molecular flexibility index (Phi) is 5.16. The first-order valence-electron chi connectivity index (χ1n) is 10.7. The summed E-state index contributed by atoms with van der Waals surface area (Å²) in [6.45, 7) is 1.05. The highest BCUT2D eigenvalue weighted by molar-refractivity contribution is 5.92. The zero-order valence-electron chi connectivity index (χ0n) is 17.2. The molecule has 0 saturated carbocycles. The molecule has 3 aromatic rings. The van der Waals surface area contributed by atoms with E-state index in [4.69, 9.17) is 0 Å². The number of nitrogens with zero attached hydrogens (tertiary/aromatic N) is 3. The van der Waals surface area contributed by atoms with E-state index in [-0.39, 0.29) is 36.0 Å². The van der Waals surface area contributed by atoms with Crippen molar-refractivity contribution in [3.05, 3.63) is 99.7 Å². The number of benzene rings is 1. The number of aliphatic hydroxyl groups excluding tert-OH is 1. The summed E-state index contributed by atoms with van der Waals surface area (Å²) in [5, 5.41) is 9.41. The van der Waals surface area contributed by atoms with Crippen molar-refractivity contribution in [3.8, 4) is 0 Å². The van der Waals surface area contributed by atoms with Crippen LogP contribution in [0.3, 0.4) is 0 Å². The molecule has 6 nitrogen and oxygen atoms in total. The maximum Gasteiger partial charge on any atom is 0.272 e. The Morgan fingerprint density at radius 3 is 2.68 bits per heavy atom. The smallest absolute Gasteiger partial charge is 0.272 e. The van der Waals surface area contributed by atoms with E-state index in [0.29, 0.717) is 24.3 Å². The number of rotatable bonds is 4. The number of fused-ring (bicyclic) bond motifs is 4. The summed E-state index contributed by atoms with van der Waals surface area (Å²) in [5.41, 5.74) is 3.27. The molecule has 158 valence electrons. The number of hydrogen-bond donors (Lipinski definition) is 1. The van der Waals surface area contributed by atoms with Crippen LogP contribution in [-0.4, -0.2) is 38.6 Å². The lowest BCUT2D eigenvalue weighted by atomic mass is 9.76. The second-order valence-electron chi connectivity index (χ2n) is 8.53. The Balaban J connectivity index is 1.50. The summed E-state index contributed by atoms with van der Waals surface area (Å²) >= 11 is 0. The fourth-order valence-electron chi connectivity index (χ4n) is 5.18. The maximum atomic E-state index is 13.3. The molecule has 1 amide bonds. The van der Waals surface area contributed by atoms with E-state index in [0.717, 1.165) is 18.5 Å². The van der Waals surface area contributed by atoms with E-state index in [9.17, 15) is 14.7 Å². The molecular formula is C25H25N3O3. The molecule has 1 N–H and O–H groups in total. The van der Waals surface area contributed by atoms with E-state index in [1.54, 1.807) is 24.4 Å². The van der Waals surface area contributed by atoms with Gasteiger partial charge in [0.2, 0.25) is 0 Å². The van der Waals surface area contributed by atoms with Gasteiger partial charge in [0.1, 0.15) is 5.69 Å². The number of likely N-dealkylation sites (tertiary alicyclic amines) is 1. The first-order chi connectivity index (χ1) is 15.1. The van der Waals surface area contributed by atoms with E-state index in [1.807, 2.05) is 39.8 Å². The molecule has 5 rings (SSSR count). The van der Waals surface area contributed by atoms with Crippen molar-refractivity contribution in [2.24, 2.45) is 5.92 Å². The molecule has 1 aromatic carbocycles. The van der Waals surface area contributed by atoms with Gasteiger partial charge in [0.05, 0.1) is 6.61 Å². The van der Waals surface area contributed by atoms with E-state index in [1.165, 1.54) is 5.56 Å². The van der Waals surface area contributed by atoms with Crippen molar-refractivity contribution in [3.63, 3.8) is 0 Å². The average Bonchev–Trinajstić information content (AvgIpc) is 2.82. The molecule has 0 spiro atoms. The summed E-state index contributed by atoms with van der Waals surface area (Å²) < 4.78 is 1.97. The van der Waals surface area contributed by atoms with Gasteiger partial charge in [-0.2, -0.15) is 0 Å². The molecule has 3 atom stereocenters. The van der Waals surface area contributed by atoms with Gasteiger partial charge in [-0.3, -0.25) is 14.6 Å². The van der Waals surface area contributed by atoms with Gasteiger partial charge in [0.15, 0.2) is 0 Å². The van der Waals surface area contributed by atoms with Gasteiger partial charge in [0, 0.05) is 43.0 Å². The second-order valence-corrected chi connectivity index (χ2v) is 8.53. The normalized spacial score (nSPS) is 22.1. The zero-order chi connectivity index (χ0) is 21.4. The van der Waals surface area contributed by atoms with Gasteiger partial charge in [-0.1, -0.05) is 36.4 Å². The predicted molar refractivity (Wildman–Crippen MR) is 117 cm³/mol. The number of aromatic nitrogens is 2. The summed E-state index contributed by atoms with van der Waals surface area (Å²) in [6, 6.07) is 19.1. The molecule has 2 aliphatic heterocycles. The van der Waals surface area contributed by atoms with E-state index >= 15 is 0 Å². The highest BCUT2D eigenvalue weighted by Gasteiger charge is 2.42. The topological polar surface area (TPSA) is 75.4 Å². The van der Waals surface area contributed by atoms with E-state index < -0.39 is 0 Å². The van der Waals surface area contributed by atoms with Crippen LogP contribution in [0.2, 0.25) is 0 Å². The van der Waals surface area contributed by atoms with Crippen LogP contribution in [-0.2, 0) is 13.0 Å². The third kappa shape index (κ3) is 3.68. The van der Waals surface area contributed by atoms with Crippen LogP contribution in [0.1, 0.15) is 45.7 Å². The first-order valence-corrected chi connectivity index (χ1v) is 10.7. The number of aliphatic hydroxyl groups is 1. The third-order valence-corrected chi connectivity index (χ3v) is 6.60. The number of carbonyl (C=O) groups is 1. The molecule has 6 heteroatoms. The minimum Gasteiger partial charge on any atom is -0.392 e. The molecular weight excluding hydrogens is 390 g/mol. The van der Waals surface area contributed by atoms with Crippen molar-refractivity contribution in [2.45, 2.75) is 31.4 Å². The monoisotopic (exact) mass is 415 g/mol. The lowest BCUT2D eigenvalue weighted by molar-refractivity contribution is 0.0523. The molecule has 2 bridgehead atoms. The van der Waals surface area contributed by atoms with Crippen LogP contribution in [0.5, 0.6) is 0 Å². The lowest BCUT2D eigenvalue weighted by Crippen LogP contribution is -2.51. The van der Waals surface area contributed by atoms with Crippen LogP contribution in [0.4, 0.5) is 0 Å². The quantitative estimate of drug-likeness (QED) is 0.711. The van der Waals surface area contributed by atoms with Crippen LogP contribution in [0.25, 0.3) is 0 Å². The van der Waals surface area contributed by atoms with Gasteiger partial charge in [0.25, 0.3) is 11.5 Å². The molecule has 1 fully saturated rings. The van der Waals surface area contributed by atoms with Gasteiger partial charge < -0.3 is 14.6 Å². The minimum atomic E-state index is -0.122. The van der Waals surface area contributed by atoms with Gasteiger partial charge in [-0.05, 0) is 48.1 Å². The van der Waals surface area contributed by atoms with Crippen molar-refractivity contribution < 1.29 is 9.90 Å². The summed E-state index contributed by atoms with van der Waals surface area (Å²) in [5.74, 6) is 0.205. The Bertz CT molecular complexity index is 1160. The standard InChI is InChI=1S/C25H25N3O3/c29-16-18-9-10-26-21(11-18)25(31)27-14-19-13-20(15-27)23(12-17-5-2-1-3-6-17)28-22(19)7-4-8-24(28)30/h1-11,19-20,23,29H,12-16H2/t19-,20+,23+/m1/s1. The first kappa shape index (κ1) is 19.7. The molecule has 0 radical (unpaired) electrons. The average molecular weight is 415 g/mol. The van der Waals surface area contributed by atoms with Gasteiger partial charge in [-0.15, -0.1) is 0 Å². The molecule has 2 aliphatic rings.